The molecule has 7 nitrogen and oxygen atoms in total. The Morgan fingerprint density at radius 2 is 2.08 bits per heavy atom. The van der Waals surface area contributed by atoms with Crippen LogP contribution in [0.15, 0.2) is 69.1 Å². The van der Waals surface area contributed by atoms with Gasteiger partial charge in [0.2, 0.25) is 0 Å². The second kappa shape index (κ2) is 8.20. The zero-order valence-electron chi connectivity index (χ0n) is 13.0. The number of hydrogen-bond acceptors (Lipinski definition) is 6. The number of nitrogens with one attached hydrogen (secondary N) is 2. The maximum Gasteiger partial charge on any atom is 0.363 e. The van der Waals surface area contributed by atoms with E-state index in [0.29, 0.717) is 6.61 Å². The van der Waals surface area contributed by atoms with E-state index in [9.17, 15) is 4.79 Å². The van der Waals surface area contributed by atoms with Crippen LogP contribution in [0.5, 0.6) is 5.75 Å². The number of hydrogen-bond donors (Lipinski definition) is 2. The monoisotopic (exact) mass is 399 g/mol. The minimum Gasteiger partial charge on any atom is -0.489 e. The smallest absolute Gasteiger partial charge is 0.363 e. The van der Waals surface area contributed by atoms with E-state index >= 15 is 0 Å². The van der Waals surface area contributed by atoms with E-state index < -0.39 is 5.69 Å². The van der Waals surface area contributed by atoms with Crippen LogP contribution < -0.4 is 15.9 Å². The summed E-state index contributed by atoms with van der Waals surface area (Å²) in [6, 6.07) is 15.5. The van der Waals surface area contributed by atoms with Crippen LogP contribution >= 0.6 is 15.9 Å². The molecule has 0 radical (unpaired) electrons. The molecule has 0 bridgehead atoms. The molecule has 0 fully saturated rings. The number of rotatable bonds is 6. The minimum atomic E-state index is -0.538. The maximum atomic E-state index is 11.0. The molecule has 3 aromatic rings. The average Bonchev–Trinajstić information content (AvgIpc) is 2.62. The number of aromatic amines is 1. The number of ether oxygens (including phenoxy) is 1. The van der Waals surface area contributed by atoms with Crippen molar-refractivity contribution in [3.8, 4) is 5.75 Å². The van der Waals surface area contributed by atoms with E-state index in [-0.39, 0.29) is 5.82 Å². The summed E-state index contributed by atoms with van der Waals surface area (Å²) >= 11 is 3.41. The Morgan fingerprint density at radius 1 is 1.24 bits per heavy atom. The Morgan fingerprint density at radius 3 is 2.88 bits per heavy atom. The zero-order chi connectivity index (χ0) is 17.5. The van der Waals surface area contributed by atoms with Gasteiger partial charge in [-0.25, -0.2) is 9.89 Å². The van der Waals surface area contributed by atoms with E-state index in [1.165, 1.54) is 6.20 Å². The molecule has 126 valence electrons. The summed E-state index contributed by atoms with van der Waals surface area (Å²) < 4.78 is 6.82. The van der Waals surface area contributed by atoms with Gasteiger partial charge < -0.3 is 4.74 Å². The Bertz CT molecular complexity index is 925. The number of benzene rings is 2. The van der Waals surface area contributed by atoms with Gasteiger partial charge in [-0.1, -0.05) is 40.2 Å². The van der Waals surface area contributed by atoms with Crippen molar-refractivity contribution in [2.45, 2.75) is 6.61 Å². The van der Waals surface area contributed by atoms with Gasteiger partial charge in [-0.2, -0.15) is 15.2 Å². The molecule has 0 atom stereocenters. The van der Waals surface area contributed by atoms with Crippen molar-refractivity contribution in [1.29, 1.82) is 0 Å². The van der Waals surface area contributed by atoms with Crippen LogP contribution in [0.4, 0.5) is 5.82 Å². The van der Waals surface area contributed by atoms with Crippen LogP contribution in [-0.2, 0) is 6.61 Å². The van der Waals surface area contributed by atoms with Crippen molar-refractivity contribution < 1.29 is 4.74 Å². The summed E-state index contributed by atoms with van der Waals surface area (Å²) in [6.45, 7) is 0.481. The molecule has 0 aliphatic rings. The molecule has 0 aliphatic heterocycles. The van der Waals surface area contributed by atoms with E-state index in [4.69, 9.17) is 4.74 Å². The van der Waals surface area contributed by atoms with Gasteiger partial charge in [0.25, 0.3) is 0 Å². The third kappa shape index (κ3) is 5.25. The Labute approximate surface area is 151 Å². The fourth-order valence-corrected chi connectivity index (χ4v) is 2.23. The first-order valence-corrected chi connectivity index (χ1v) is 8.16. The number of halogens is 1. The minimum absolute atomic E-state index is 0.266. The van der Waals surface area contributed by atoms with E-state index in [1.807, 2.05) is 48.5 Å². The summed E-state index contributed by atoms with van der Waals surface area (Å²) in [4.78, 5) is 14.7. The van der Waals surface area contributed by atoms with Gasteiger partial charge in [0, 0.05) is 4.47 Å². The van der Waals surface area contributed by atoms with Gasteiger partial charge in [0.05, 0.1) is 12.4 Å². The molecule has 0 saturated heterocycles. The third-order valence-corrected chi connectivity index (χ3v) is 3.67. The molecule has 8 heteroatoms. The van der Waals surface area contributed by atoms with Crippen LogP contribution in [-0.4, -0.2) is 21.4 Å². The summed E-state index contributed by atoms with van der Waals surface area (Å²) in [6.07, 6.45) is 2.98. The second-order valence-electron chi connectivity index (χ2n) is 5.03. The molecule has 0 saturated carbocycles. The molecular weight excluding hydrogens is 386 g/mol. The predicted octanol–water partition coefficient (Wildman–Crippen LogP) is 2.95. The molecule has 2 N–H and O–H groups in total. The summed E-state index contributed by atoms with van der Waals surface area (Å²) in [7, 11) is 0. The molecule has 1 aromatic heterocycles. The van der Waals surface area contributed by atoms with Gasteiger partial charge in [-0.3, -0.25) is 5.43 Å². The van der Waals surface area contributed by atoms with Crippen LogP contribution in [0.1, 0.15) is 11.1 Å². The van der Waals surface area contributed by atoms with Crippen LogP contribution in [0.25, 0.3) is 0 Å². The van der Waals surface area contributed by atoms with Crippen molar-refractivity contribution in [3.05, 3.63) is 80.8 Å². The lowest BCUT2D eigenvalue weighted by Crippen LogP contribution is -2.13. The summed E-state index contributed by atoms with van der Waals surface area (Å²) in [5.74, 6) is 1.01. The number of anilines is 1. The largest absolute Gasteiger partial charge is 0.489 e. The van der Waals surface area contributed by atoms with Crippen molar-refractivity contribution in [2.24, 2.45) is 5.10 Å². The van der Waals surface area contributed by atoms with Crippen molar-refractivity contribution in [3.63, 3.8) is 0 Å². The molecule has 0 amide bonds. The van der Waals surface area contributed by atoms with Gasteiger partial charge in [-0.05, 0) is 35.4 Å². The highest BCUT2D eigenvalue weighted by molar-refractivity contribution is 9.10. The molecule has 0 spiro atoms. The Hall–Kier alpha value is -3.00. The summed E-state index contributed by atoms with van der Waals surface area (Å²) in [5, 5.41) is 9.84. The third-order valence-electron chi connectivity index (χ3n) is 3.14. The van der Waals surface area contributed by atoms with Gasteiger partial charge in [-0.15, -0.1) is 0 Å². The molecule has 3 rings (SSSR count). The van der Waals surface area contributed by atoms with Crippen molar-refractivity contribution in [1.82, 2.24) is 15.2 Å². The lowest BCUT2D eigenvalue weighted by Gasteiger charge is -2.07. The first-order chi connectivity index (χ1) is 12.2. The van der Waals surface area contributed by atoms with E-state index in [2.05, 4.69) is 41.6 Å². The molecule has 2 aromatic carbocycles. The van der Waals surface area contributed by atoms with Crippen molar-refractivity contribution >= 4 is 28.0 Å². The Balaban J connectivity index is 1.60. The van der Waals surface area contributed by atoms with Crippen LogP contribution in [0, 0.1) is 0 Å². The maximum absolute atomic E-state index is 11.0. The molecule has 0 unspecified atom stereocenters. The number of hydrazone groups is 1. The molecule has 1 heterocycles. The molecule has 25 heavy (non-hydrogen) atoms. The first kappa shape index (κ1) is 16.8. The Kier molecular flexibility index (Phi) is 5.53. The molecular formula is C17H14BrN5O2. The summed E-state index contributed by atoms with van der Waals surface area (Å²) in [5.41, 5.74) is 4.04. The van der Waals surface area contributed by atoms with E-state index in [0.717, 1.165) is 21.3 Å². The van der Waals surface area contributed by atoms with Gasteiger partial charge >= 0.3 is 5.69 Å². The fourth-order valence-electron chi connectivity index (χ4n) is 1.97. The highest BCUT2D eigenvalue weighted by atomic mass is 79.9. The quantitative estimate of drug-likeness (QED) is 0.490. The van der Waals surface area contributed by atoms with E-state index in [1.54, 1.807) is 6.21 Å². The van der Waals surface area contributed by atoms with Crippen LogP contribution in [0.2, 0.25) is 0 Å². The van der Waals surface area contributed by atoms with Gasteiger partial charge in [0.15, 0.2) is 5.82 Å². The normalized spacial score (nSPS) is 10.8. The predicted molar refractivity (Wildman–Crippen MR) is 98.8 cm³/mol. The fraction of sp³-hybridized carbons (Fsp3) is 0.0588. The SMILES string of the molecule is O=c1nc(NN=Cc2cccc(OCc3ccc(Br)cc3)c2)cn[nH]1. The highest BCUT2D eigenvalue weighted by Crippen LogP contribution is 2.16. The van der Waals surface area contributed by atoms with Crippen molar-refractivity contribution in [2.75, 3.05) is 5.43 Å². The van der Waals surface area contributed by atoms with Crippen LogP contribution in [0.3, 0.4) is 0 Å². The topological polar surface area (TPSA) is 92.3 Å². The lowest BCUT2D eigenvalue weighted by molar-refractivity contribution is 0.306. The average molecular weight is 400 g/mol. The first-order valence-electron chi connectivity index (χ1n) is 7.37. The number of aromatic nitrogens is 3. The molecule has 0 aliphatic carbocycles. The second-order valence-corrected chi connectivity index (χ2v) is 5.95. The van der Waals surface area contributed by atoms with Gasteiger partial charge in [0.1, 0.15) is 12.4 Å². The number of H-pyrrole nitrogens is 1. The number of nitrogens with zero attached hydrogens (tertiary/aromatic N) is 3. The highest BCUT2D eigenvalue weighted by Gasteiger charge is 1.98. The lowest BCUT2D eigenvalue weighted by atomic mass is 10.2. The standard InChI is InChI=1S/C17H14BrN5O2/c18-14-6-4-12(5-7-14)11-25-15-3-1-2-13(8-15)9-19-22-16-10-20-23-17(24)21-16/h1-10H,11H2,(H2,21,22,23,24). The zero-order valence-corrected chi connectivity index (χ0v) is 14.6.